The lowest BCUT2D eigenvalue weighted by atomic mass is 9.97. The molecule has 4 heteroatoms. The summed E-state index contributed by atoms with van der Waals surface area (Å²) in [5.74, 6) is 0.0599. The van der Waals surface area contributed by atoms with Gasteiger partial charge in [-0.2, -0.15) is 0 Å². The van der Waals surface area contributed by atoms with Crippen molar-refractivity contribution in [3.05, 3.63) is 35.6 Å². The molecular formula is C16H24FNO2. The lowest BCUT2D eigenvalue weighted by Gasteiger charge is -2.15. The summed E-state index contributed by atoms with van der Waals surface area (Å²) in [6.45, 7) is 6.27. The summed E-state index contributed by atoms with van der Waals surface area (Å²) in [4.78, 5) is 11.8. The molecule has 0 saturated heterocycles. The Hall–Kier alpha value is -1.42. The number of nitrogens with one attached hydrogen (secondary N) is 1. The smallest absolute Gasteiger partial charge is 0.220 e. The van der Waals surface area contributed by atoms with Crippen molar-refractivity contribution in [2.45, 2.75) is 45.6 Å². The van der Waals surface area contributed by atoms with Crippen molar-refractivity contribution in [2.75, 3.05) is 6.54 Å². The fourth-order valence-electron chi connectivity index (χ4n) is 2.12. The third-order valence-electron chi connectivity index (χ3n) is 3.21. The van der Waals surface area contributed by atoms with E-state index in [-0.39, 0.29) is 24.2 Å². The van der Waals surface area contributed by atoms with Crippen LogP contribution in [0.2, 0.25) is 0 Å². The highest BCUT2D eigenvalue weighted by Gasteiger charge is 2.13. The van der Waals surface area contributed by atoms with E-state index in [0.29, 0.717) is 18.8 Å². The first-order valence-corrected chi connectivity index (χ1v) is 7.08. The van der Waals surface area contributed by atoms with Crippen molar-refractivity contribution in [3.8, 4) is 0 Å². The van der Waals surface area contributed by atoms with Gasteiger partial charge in [-0.1, -0.05) is 32.9 Å². The van der Waals surface area contributed by atoms with E-state index >= 15 is 0 Å². The van der Waals surface area contributed by atoms with Gasteiger partial charge in [0.1, 0.15) is 5.82 Å². The van der Waals surface area contributed by atoms with Gasteiger partial charge in [-0.3, -0.25) is 4.79 Å². The summed E-state index contributed by atoms with van der Waals surface area (Å²) < 4.78 is 12.8. The van der Waals surface area contributed by atoms with Crippen LogP contribution in [0, 0.1) is 11.7 Å². The summed E-state index contributed by atoms with van der Waals surface area (Å²) in [7, 11) is 0. The van der Waals surface area contributed by atoms with E-state index < -0.39 is 6.10 Å². The lowest BCUT2D eigenvalue weighted by molar-refractivity contribution is -0.121. The zero-order valence-electron chi connectivity index (χ0n) is 12.4. The van der Waals surface area contributed by atoms with Crippen LogP contribution in [0.4, 0.5) is 4.39 Å². The van der Waals surface area contributed by atoms with E-state index in [1.165, 1.54) is 12.1 Å². The van der Waals surface area contributed by atoms with Crippen LogP contribution in [0.3, 0.4) is 0 Å². The average molecular weight is 281 g/mol. The maximum Gasteiger partial charge on any atom is 0.220 e. The Morgan fingerprint density at radius 3 is 2.40 bits per heavy atom. The van der Waals surface area contributed by atoms with Crippen molar-refractivity contribution in [1.29, 1.82) is 0 Å². The molecule has 20 heavy (non-hydrogen) atoms. The van der Waals surface area contributed by atoms with E-state index in [0.717, 1.165) is 5.56 Å². The fraction of sp³-hybridized carbons (Fsp3) is 0.562. The molecule has 1 rings (SSSR count). The summed E-state index contributed by atoms with van der Waals surface area (Å²) in [5.41, 5.74) is 0.935. The van der Waals surface area contributed by atoms with Crippen LogP contribution in [-0.2, 0) is 4.79 Å². The number of aliphatic hydroxyl groups is 1. The van der Waals surface area contributed by atoms with E-state index in [2.05, 4.69) is 5.32 Å². The quantitative estimate of drug-likeness (QED) is 0.807. The van der Waals surface area contributed by atoms with Gasteiger partial charge in [0.25, 0.3) is 0 Å². The van der Waals surface area contributed by atoms with Gasteiger partial charge in [-0.05, 0) is 36.0 Å². The van der Waals surface area contributed by atoms with E-state index in [4.69, 9.17) is 0 Å². The summed E-state index contributed by atoms with van der Waals surface area (Å²) >= 11 is 0. The monoisotopic (exact) mass is 281 g/mol. The highest BCUT2D eigenvalue weighted by molar-refractivity contribution is 5.76. The molecule has 0 fully saturated rings. The van der Waals surface area contributed by atoms with Crippen LogP contribution in [-0.4, -0.2) is 23.7 Å². The Labute approximate surface area is 120 Å². The SMILES string of the molecule is CC(C)CC(O)CNC(=O)CC(C)c1ccc(F)cc1. The summed E-state index contributed by atoms with van der Waals surface area (Å²) in [5, 5.41) is 12.4. The summed E-state index contributed by atoms with van der Waals surface area (Å²) in [6.07, 6.45) is 0.508. The molecule has 2 unspecified atom stereocenters. The molecule has 1 aromatic carbocycles. The number of halogens is 1. The van der Waals surface area contributed by atoms with Crippen LogP contribution in [0.5, 0.6) is 0 Å². The first-order valence-electron chi connectivity index (χ1n) is 7.08. The number of amides is 1. The molecule has 0 saturated carbocycles. The number of hydrogen-bond donors (Lipinski definition) is 2. The van der Waals surface area contributed by atoms with Gasteiger partial charge in [0.2, 0.25) is 5.91 Å². The Bertz CT molecular complexity index is 417. The molecule has 1 aromatic rings. The van der Waals surface area contributed by atoms with E-state index in [1.54, 1.807) is 12.1 Å². The molecule has 0 aliphatic carbocycles. The van der Waals surface area contributed by atoms with Gasteiger partial charge >= 0.3 is 0 Å². The zero-order chi connectivity index (χ0) is 15.1. The number of benzene rings is 1. The number of aliphatic hydroxyl groups excluding tert-OH is 1. The number of carbonyl (C=O) groups excluding carboxylic acids is 1. The number of carbonyl (C=O) groups is 1. The minimum atomic E-state index is -0.500. The van der Waals surface area contributed by atoms with Crippen molar-refractivity contribution in [3.63, 3.8) is 0 Å². The fourth-order valence-corrected chi connectivity index (χ4v) is 2.12. The van der Waals surface area contributed by atoms with Gasteiger partial charge in [-0.15, -0.1) is 0 Å². The zero-order valence-corrected chi connectivity index (χ0v) is 12.4. The third-order valence-corrected chi connectivity index (χ3v) is 3.21. The molecule has 0 radical (unpaired) electrons. The van der Waals surface area contributed by atoms with Crippen LogP contribution >= 0.6 is 0 Å². The standard InChI is InChI=1S/C16H24FNO2/c1-11(2)8-15(19)10-18-16(20)9-12(3)13-4-6-14(17)7-5-13/h4-7,11-12,15,19H,8-10H2,1-3H3,(H,18,20). The van der Waals surface area contributed by atoms with Crippen LogP contribution < -0.4 is 5.32 Å². The molecule has 0 aromatic heterocycles. The Kier molecular flexibility index (Phi) is 6.65. The molecule has 2 N–H and O–H groups in total. The Morgan fingerprint density at radius 1 is 1.25 bits per heavy atom. The van der Waals surface area contributed by atoms with Gasteiger partial charge in [0.05, 0.1) is 6.10 Å². The molecule has 1 amide bonds. The van der Waals surface area contributed by atoms with E-state index in [1.807, 2.05) is 20.8 Å². The average Bonchev–Trinajstić information content (AvgIpc) is 2.36. The predicted octanol–water partition coefficient (Wildman–Crippen LogP) is 2.84. The van der Waals surface area contributed by atoms with Crippen molar-refractivity contribution in [2.24, 2.45) is 5.92 Å². The summed E-state index contributed by atoms with van der Waals surface area (Å²) in [6, 6.07) is 6.19. The van der Waals surface area contributed by atoms with Crippen LogP contribution in [0.1, 0.15) is 45.1 Å². The molecule has 112 valence electrons. The van der Waals surface area contributed by atoms with Gasteiger partial charge < -0.3 is 10.4 Å². The maximum absolute atomic E-state index is 12.8. The second-order valence-corrected chi connectivity index (χ2v) is 5.74. The van der Waals surface area contributed by atoms with Gasteiger partial charge in [-0.25, -0.2) is 4.39 Å². The largest absolute Gasteiger partial charge is 0.391 e. The Morgan fingerprint density at radius 2 is 1.85 bits per heavy atom. The van der Waals surface area contributed by atoms with Crippen molar-refractivity contribution in [1.82, 2.24) is 5.32 Å². The van der Waals surface area contributed by atoms with Crippen molar-refractivity contribution < 1.29 is 14.3 Å². The first kappa shape index (κ1) is 16.6. The first-order chi connectivity index (χ1) is 9.38. The molecule has 0 heterocycles. The molecule has 0 bridgehead atoms. The topological polar surface area (TPSA) is 49.3 Å². The van der Waals surface area contributed by atoms with E-state index in [9.17, 15) is 14.3 Å². The van der Waals surface area contributed by atoms with Gasteiger partial charge in [0.15, 0.2) is 0 Å². The minimum Gasteiger partial charge on any atom is -0.391 e. The highest BCUT2D eigenvalue weighted by Crippen LogP contribution is 2.19. The highest BCUT2D eigenvalue weighted by atomic mass is 19.1. The third kappa shape index (κ3) is 6.15. The van der Waals surface area contributed by atoms with Crippen LogP contribution in [0.25, 0.3) is 0 Å². The normalized spacial score (nSPS) is 14.1. The lowest BCUT2D eigenvalue weighted by Crippen LogP contribution is -2.33. The molecular weight excluding hydrogens is 257 g/mol. The molecule has 0 aliphatic heterocycles. The minimum absolute atomic E-state index is 0.0258. The number of rotatable bonds is 7. The molecule has 2 atom stereocenters. The number of hydrogen-bond acceptors (Lipinski definition) is 2. The predicted molar refractivity (Wildman–Crippen MR) is 77.9 cm³/mol. The second kappa shape index (κ2) is 8.00. The molecule has 0 aliphatic rings. The maximum atomic E-state index is 12.8. The van der Waals surface area contributed by atoms with Crippen LogP contribution in [0.15, 0.2) is 24.3 Å². The van der Waals surface area contributed by atoms with Crippen molar-refractivity contribution >= 4 is 5.91 Å². The van der Waals surface area contributed by atoms with Gasteiger partial charge in [0, 0.05) is 13.0 Å². The molecule has 3 nitrogen and oxygen atoms in total. The second-order valence-electron chi connectivity index (χ2n) is 5.74. The Balaban J connectivity index is 2.36. The molecule has 0 spiro atoms.